The normalized spacial score (nSPS) is 9.19. The van der Waals surface area contributed by atoms with Gasteiger partial charge in [-0.2, -0.15) is 0 Å². The van der Waals surface area contributed by atoms with Crippen molar-refractivity contribution in [2.24, 2.45) is 0 Å². The van der Waals surface area contributed by atoms with Crippen molar-refractivity contribution in [2.45, 2.75) is 54.4 Å². The number of carbonyl (C=O) groups excluding carboxylic acids is 1. The Morgan fingerprint density at radius 1 is 0.926 bits per heavy atom. The molecule has 0 radical (unpaired) electrons. The molecule has 2 aromatic carbocycles. The van der Waals surface area contributed by atoms with E-state index in [4.69, 9.17) is 9.47 Å². The van der Waals surface area contributed by atoms with Gasteiger partial charge in [0.1, 0.15) is 17.2 Å². The van der Waals surface area contributed by atoms with Crippen LogP contribution in [0.4, 0.5) is 0 Å². The first-order chi connectivity index (χ1) is 13.0. The van der Waals surface area contributed by atoms with Crippen LogP contribution >= 0.6 is 0 Å². The van der Waals surface area contributed by atoms with Gasteiger partial charge in [0.05, 0.1) is 7.11 Å². The van der Waals surface area contributed by atoms with E-state index in [1.807, 2.05) is 65.8 Å². The minimum absolute atomic E-state index is 0.0545. The van der Waals surface area contributed by atoms with E-state index in [9.17, 15) is 4.79 Å². The number of nitrogens with one attached hydrogen (secondary N) is 1. The highest BCUT2D eigenvalue weighted by molar-refractivity contribution is 5.75. The van der Waals surface area contributed by atoms with Gasteiger partial charge in [-0.05, 0) is 61.2 Å². The molecule has 0 aliphatic rings. The monoisotopic (exact) mass is 373 g/mol. The average molecular weight is 374 g/mol. The molecule has 2 aromatic rings. The number of hydrogen-bond donors (Lipinski definition) is 1. The first kappa shape index (κ1) is 24.5. The number of aryl methyl sites for hydroxylation is 3. The second kappa shape index (κ2) is 13.7. The molecule has 150 valence electrons. The summed E-state index contributed by atoms with van der Waals surface area (Å²) >= 11 is 0. The van der Waals surface area contributed by atoms with Crippen molar-refractivity contribution in [1.29, 1.82) is 0 Å². The fourth-order valence-electron chi connectivity index (χ4n) is 2.49. The Morgan fingerprint density at radius 3 is 1.85 bits per heavy atom. The summed E-state index contributed by atoms with van der Waals surface area (Å²) in [6.45, 7) is 12.0. The van der Waals surface area contributed by atoms with E-state index in [-0.39, 0.29) is 5.91 Å². The molecule has 0 heterocycles. The Morgan fingerprint density at radius 2 is 1.41 bits per heavy atom. The second-order valence-corrected chi connectivity index (χ2v) is 5.51. The molecule has 0 aromatic heterocycles. The molecule has 0 unspecified atom stereocenters. The highest BCUT2D eigenvalue weighted by atomic mass is 16.5. The molecule has 0 aliphatic carbocycles. The maximum Gasteiger partial charge on any atom is 0.220 e. The third-order valence-electron chi connectivity index (χ3n) is 3.72. The van der Waals surface area contributed by atoms with E-state index >= 15 is 0 Å². The summed E-state index contributed by atoms with van der Waals surface area (Å²) in [5.74, 6) is 2.49. The van der Waals surface area contributed by atoms with Gasteiger partial charge in [0, 0.05) is 13.5 Å². The van der Waals surface area contributed by atoms with Gasteiger partial charge < -0.3 is 14.8 Å². The van der Waals surface area contributed by atoms with Crippen molar-refractivity contribution in [2.75, 3.05) is 14.2 Å². The SMILES string of the molecule is CC.CC.CNC(=O)CCc1cc(C)c(Oc2ccc(OC)cc2)c(C)c1. The maximum absolute atomic E-state index is 11.4. The fourth-order valence-corrected chi connectivity index (χ4v) is 2.49. The molecular formula is C23H35NO3. The molecule has 1 amide bonds. The molecule has 0 saturated carbocycles. The summed E-state index contributed by atoms with van der Waals surface area (Å²) in [5, 5.41) is 2.64. The predicted molar refractivity (Wildman–Crippen MR) is 114 cm³/mol. The number of hydrogen-bond acceptors (Lipinski definition) is 3. The Labute approximate surface area is 164 Å². The lowest BCUT2D eigenvalue weighted by Gasteiger charge is -2.14. The Hall–Kier alpha value is -2.49. The van der Waals surface area contributed by atoms with Crippen molar-refractivity contribution in [3.05, 3.63) is 53.1 Å². The maximum atomic E-state index is 11.4. The lowest BCUT2D eigenvalue weighted by Crippen LogP contribution is -2.17. The van der Waals surface area contributed by atoms with Gasteiger partial charge in [-0.15, -0.1) is 0 Å². The Balaban J connectivity index is 0.00000158. The molecule has 0 atom stereocenters. The van der Waals surface area contributed by atoms with Gasteiger partial charge in [-0.1, -0.05) is 39.8 Å². The molecule has 0 bridgehead atoms. The van der Waals surface area contributed by atoms with E-state index in [1.54, 1.807) is 14.2 Å². The van der Waals surface area contributed by atoms with Crippen LogP contribution in [0, 0.1) is 13.8 Å². The molecular weight excluding hydrogens is 338 g/mol. The molecule has 0 fully saturated rings. The Kier molecular flexibility index (Phi) is 12.4. The first-order valence-electron chi connectivity index (χ1n) is 9.66. The highest BCUT2D eigenvalue weighted by Crippen LogP contribution is 2.31. The number of benzene rings is 2. The van der Waals surface area contributed by atoms with Crippen molar-refractivity contribution in [3.63, 3.8) is 0 Å². The zero-order valence-corrected chi connectivity index (χ0v) is 18.1. The molecule has 0 spiro atoms. The van der Waals surface area contributed by atoms with Crippen LogP contribution in [0.25, 0.3) is 0 Å². The minimum atomic E-state index is 0.0545. The molecule has 0 aliphatic heterocycles. The predicted octanol–water partition coefficient (Wildman–Crippen LogP) is 5.84. The first-order valence-corrected chi connectivity index (χ1v) is 9.66. The van der Waals surface area contributed by atoms with Crippen LogP contribution in [0.2, 0.25) is 0 Å². The van der Waals surface area contributed by atoms with E-state index in [0.717, 1.165) is 40.4 Å². The van der Waals surface area contributed by atoms with Crippen LogP contribution < -0.4 is 14.8 Å². The molecule has 4 nitrogen and oxygen atoms in total. The Bertz CT molecular complexity index is 656. The number of methoxy groups -OCH3 is 1. The minimum Gasteiger partial charge on any atom is -0.497 e. The largest absolute Gasteiger partial charge is 0.497 e. The zero-order valence-electron chi connectivity index (χ0n) is 18.1. The van der Waals surface area contributed by atoms with Gasteiger partial charge in [0.25, 0.3) is 0 Å². The van der Waals surface area contributed by atoms with Gasteiger partial charge in [-0.3, -0.25) is 4.79 Å². The molecule has 4 heteroatoms. The third-order valence-corrected chi connectivity index (χ3v) is 3.72. The quantitative estimate of drug-likeness (QED) is 0.692. The topological polar surface area (TPSA) is 47.6 Å². The second-order valence-electron chi connectivity index (χ2n) is 5.51. The lowest BCUT2D eigenvalue weighted by atomic mass is 10.0. The van der Waals surface area contributed by atoms with Gasteiger partial charge in [0.15, 0.2) is 0 Å². The van der Waals surface area contributed by atoms with Crippen LogP contribution in [0.15, 0.2) is 36.4 Å². The summed E-state index contributed by atoms with van der Waals surface area (Å²) in [6, 6.07) is 11.7. The summed E-state index contributed by atoms with van der Waals surface area (Å²) in [5.41, 5.74) is 3.27. The standard InChI is InChI=1S/C19H23NO3.2C2H6/c1-13-11-15(5-10-18(21)20-3)12-14(2)19(13)23-17-8-6-16(22-4)7-9-17;2*1-2/h6-9,11-12H,5,10H2,1-4H3,(H,20,21);2*1-2H3. The molecule has 27 heavy (non-hydrogen) atoms. The summed E-state index contributed by atoms with van der Waals surface area (Å²) in [4.78, 5) is 11.4. The van der Waals surface area contributed by atoms with E-state index in [2.05, 4.69) is 17.4 Å². The van der Waals surface area contributed by atoms with Crippen LogP contribution in [0.3, 0.4) is 0 Å². The number of rotatable bonds is 6. The highest BCUT2D eigenvalue weighted by Gasteiger charge is 2.09. The smallest absolute Gasteiger partial charge is 0.220 e. The summed E-state index contributed by atoms with van der Waals surface area (Å²) in [7, 11) is 3.30. The average Bonchev–Trinajstić information content (AvgIpc) is 2.72. The van der Waals surface area contributed by atoms with Crippen molar-refractivity contribution >= 4 is 5.91 Å². The van der Waals surface area contributed by atoms with E-state index in [0.29, 0.717) is 6.42 Å². The van der Waals surface area contributed by atoms with Crippen molar-refractivity contribution in [3.8, 4) is 17.2 Å². The van der Waals surface area contributed by atoms with Gasteiger partial charge >= 0.3 is 0 Å². The van der Waals surface area contributed by atoms with Crippen molar-refractivity contribution < 1.29 is 14.3 Å². The van der Waals surface area contributed by atoms with Gasteiger partial charge in [0.2, 0.25) is 5.91 Å². The molecule has 2 rings (SSSR count). The van der Waals surface area contributed by atoms with Crippen molar-refractivity contribution in [1.82, 2.24) is 5.32 Å². The number of amides is 1. The van der Waals surface area contributed by atoms with E-state index < -0.39 is 0 Å². The van der Waals surface area contributed by atoms with Crippen LogP contribution in [-0.2, 0) is 11.2 Å². The van der Waals surface area contributed by atoms with Crippen LogP contribution in [0.5, 0.6) is 17.2 Å². The molecule has 0 saturated heterocycles. The lowest BCUT2D eigenvalue weighted by molar-refractivity contribution is -0.120. The van der Waals surface area contributed by atoms with Crippen LogP contribution in [-0.4, -0.2) is 20.1 Å². The zero-order chi connectivity index (χ0) is 20.8. The third kappa shape index (κ3) is 8.16. The molecule has 1 N–H and O–H groups in total. The summed E-state index contributed by atoms with van der Waals surface area (Å²) < 4.78 is 11.2. The fraction of sp³-hybridized carbons (Fsp3) is 0.435. The van der Waals surface area contributed by atoms with Gasteiger partial charge in [-0.25, -0.2) is 0 Å². The summed E-state index contributed by atoms with van der Waals surface area (Å²) in [6.07, 6.45) is 1.22. The van der Waals surface area contributed by atoms with E-state index in [1.165, 1.54) is 0 Å². The number of carbonyl (C=O) groups is 1. The van der Waals surface area contributed by atoms with Crippen LogP contribution in [0.1, 0.15) is 50.8 Å². The number of ether oxygens (including phenoxy) is 2.